The Kier molecular flexibility index (Phi) is 4.91. The van der Waals surface area contributed by atoms with E-state index in [4.69, 9.17) is 0 Å². The zero-order valence-corrected chi connectivity index (χ0v) is 13.9. The molecule has 1 heterocycles. The second-order valence-corrected chi connectivity index (χ2v) is 6.81. The molecule has 4 nitrogen and oxygen atoms in total. The number of carbonyl (C=O) groups excluding carboxylic acids is 1. The Morgan fingerprint density at radius 2 is 2.00 bits per heavy atom. The Morgan fingerprint density at radius 3 is 2.59 bits per heavy atom. The summed E-state index contributed by atoms with van der Waals surface area (Å²) in [5.41, 5.74) is 1.54. The Morgan fingerprint density at radius 1 is 1.32 bits per heavy atom. The molecule has 1 aromatic carbocycles. The Balaban J connectivity index is 2.37. The van der Waals surface area contributed by atoms with Crippen LogP contribution >= 0.6 is 0 Å². The summed E-state index contributed by atoms with van der Waals surface area (Å²) in [4.78, 5) is 12.7. The van der Waals surface area contributed by atoms with Gasteiger partial charge in [0.1, 0.15) is 5.69 Å². The molecule has 1 aromatic heterocycles. The molecule has 2 aromatic rings. The first-order chi connectivity index (χ1) is 10.4. The molecule has 1 amide bonds. The van der Waals surface area contributed by atoms with E-state index in [0.29, 0.717) is 5.69 Å². The molecule has 120 valence electrons. The van der Waals surface area contributed by atoms with Crippen LogP contribution in [0.25, 0.3) is 10.9 Å². The molecule has 0 spiro atoms. The fourth-order valence-corrected chi connectivity index (χ4v) is 2.63. The van der Waals surface area contributed by atoms with E-state index in [2.05, 4.69) is 16.8 Å². The van der Waals surface area contributed by atoms with Crippen molar-refractivity contribution in [3.63, 3.8) is 0 Å². The number of aliphatic hydroxyl groups excluding tert-OH is 1. The smallest absolute Gasteiger partial charge is 0.268 e. The third-order valence-electron chi connectivity index (χ3n) is 4.02. The fourth-order valence-electron chi connectivity index (χ4n) is 2.63. The number of nitrogens with zero attached hydrogens (tertiary/aromatic N) is 1. The zero-order chi connectivity index (χ0) is 16.3. The van der Waals surface area contributed by atoms with Crippen LogP contribution < -0.4 is 5.32 Å². The molecule has 0 aliphatic carbocycles. The van der Waals surface area contributed by atoms with Crippen molar-refractivity contribution in [1.29, 1.82) is 0 Å². The molecule has 2 N–H and O–H groups in total. The summed E-state index contributed by atoms with van der Waals surface area (Å²) >= 11 is 0. The van der Waals surface area contributed by atoms with Gasteiger partial charge in [0.05, 0.1) is 12.6 Å². The predicted octanol–water partition coefficient (Wildman–Crippen LogP) is 3.19. The van der Waals surface area contributed by atoms with Gasteiger partial charge in [0.15, 0.2) is 0 Å². The molecule has 0 saturated heterocycles. The van der Waals surface area contributed by atoms with Crippen molar-refractivity contribution in [2.75, 3.05) is 6.61 Å². The highest BCUT2D eigenvalue weighted by Crippen LogP contribution is 2.22. The standard InChI is InChI=1S/C18H26N2O2/c1-5-10-20-14-9-7-6-8-13(14)11-15(20)17(22)19-16(12-21)18(2,3)4/h6-9,11,16,21H,5,10,12H2,1-4H3,(H,19,22)/t16-/m1/s1. The summed E-state index contributed by atoms with van der Waals surface area (Å²) in [6.45, 7) is 8.86. The minimum Gasteiger partial charge on any atom is -0.394 e. The largest absolute Gasteiger partial charge is 0.394 e. The summed E-state index contributed by atoms with van der Waals surface area (Å²) in [6, 6.07) is 9.68. The van der Waals surface area contributed by atoms with Gasteiger partial charge in [-0.05, 0) is 24.0 Å². The fraction of sp³-hybridized carbons (Fsp3) is 0.500. The maximum Gasteiger partial charge on any atom is 0.268 e. The molecule has 0 fully saturated rings. The van der Waals surface area contributed by atoms with E-state index < -0.39 is 0 Å². The first-order valence-corrected chi connectivity index (χ1v) is 7.88. The van der Waals surface area contributed by atoms with Gasteiger partial charge in [0, 0.05) is 17.4 Å². The lowest BCUT2D eigenvalue weighted by Crippen LogP contribution is -2.46. The third-order valence-corrected chi connectivity index (χ3v) is 4.02. The highest BCUT2D eigenvalue weighted by Gasteiger charge is 2.27. The third kappa shape index (κ3) is 3.33. The van der Waals surface area contributed by atoms with Crippen molar-refractivity contribution in [2.45, 2.75) is 46.7 Å². The monoisotopic (exact) mass is 302 g/mol. The Labute approximate surface area is 132 Å². The maximum atomic E-state index is 12.7. The number of amides is 1. The van der Waals surface area contributed by atoms with E-state index in [1.807, 2.05) is 51.1 Å². The van der Waals surface area contributed by atoms with E-state index in [1.54, 1.807) is 0 Å². The second-order valence-electron chi connectivity index (χ2n) is 6.81. The van der Waals surface area contributed by atoms with Gasteiger partial charge in [-0.3, -0.25) is 4.79 Å². The molecule has 0 aliphatic rings. The van der Waals surface area contributed by atoms with Crippen molar-refractivity contribution < 1.29 is 9.90 Å². The zero-order valence-electron chi connectivity index (χ0n) is 13.9. The van der Waals surface area contributed by atoms with Crippen molar-refractivity contribution in [1.82, 2.24) is 9.88 Å². The molecule has 4 heteroatoms. The van der Waals surface area contributed by atoms with Crippen LogP contribution in [0.3, 0.4) is 0 Å². The summed E-state index contributed by atoms with van der Waals surface area (Å²) in [5, 5.41) is 13.6. The van der Waals surface area contributed by atoms with Crippen LogP contribution in [0, 0.1) is 5.41 Å². The van der Waals surface area contributed by atoms with E-state index in [0.717, 1.165) is 23.9 Å². The predicted molar refractivity (Wildman–Crippen MR) is 90.0 cm³/mol. The first-order valence-electron chi connectivity index (χ1n) is 7.88. The lowest BCUT2D eigenvalue weighted by atomic mass is 9.87. The van der Waals surface area contributed by atoms with Gasteiger partial charge in [0.25, 0.3) is 5.91 Å². The van der Waals surface area contributed by atoms with E-state index >= 15 is 0 Å². The minimum atomic E-state index is -0.270. The van der Waals surface area contributed by atoms with Crippen LogP contribution in [0.1, 0.15) is 44.6 Å². The minimum absolute atomic E-state index is 0.0662. The number of carbonyl (C=O) groups is 1. The quantitative estimate of drug-likeness (QED) is 0.891. The Hall–Kier alpha value is -1.81. The summed E-state index contributed by atoms with van der Waals surface area (Å²) in [7, 11) is 0. The van der Waals surface area contributed by atoms with Gasteiger partial charge in [-0.15, -0.1) is 0 Å². The van der Waals surface area contributed by atoms with Gasteiger partial charge in [0.2, 0.25) is 0 Å². The number of rotatable bonds is 5. The molecular weight excluding hydrogens is 276 g/mol. The van der Waals surface area contributed by atoms with E-state index in [1.165, 1.54) is 0 Å². The molecule has 2 rings (SSSR count). The van der Waals surface area contributed by atoms with Crippen molar-refractivity contribution in [3.05, 3.63) is 36.0 Å². The average Bonchev–Trinajstić information content (AvgIpc) is 2.83. The number of benzene rings is 1. The SMILES string of the molecule is CCCn1c(C(=O)N[C@H](CO)C(C)(C)C)cc2ccccc21. The van der Waals surface area contributed by atoms with Crippen LogP contribution in [0.15, 0.2) is 30.3 Å². The van der Waals surface area contributed by atoms with Crippen LogP contribution in [0.5, 0.6) is 0 Å². The number of fused-ring (bicyclic) bond motifs is 1. The molecule has 0 aliphatic heterocycles. The molecule has 1 atom stereocenters. The second kappa shape index (κ2) is 6.53. The number of para-hydroxylation sites is 1. The van der Waals surface area contributed by atoms with Gasteiger partial charge in [-0.25, -0.2) is 0 Å². The number of hydrogen-bond donors (Lipinski definition) is 2. The van der Waals surface area contributed by atoms with Gasteiger partial charge in [-0.2, -0.15) is 0 Å². The van der Waals surface area contributed by atoms with Crippen molar-refractivity contribution in [3.8, 4) is 0 Å². The summed E-state index contributed by atoms with van der Waals surface area (Å²) in [5.74, 6) is -0.126. The molecule has 0 unspecified atom stereocenters. The van der Waals surface area contributed by atoms with Crippen LogP contribution in [0.4, 0.5) is 0 Å². The van der Waals surface area contributed by atoms with Crippen LogP contribution in [-0.2, 0) is 6.54 Å². The maximum absolute atomic E-state index is 12.7. The average molecular weight is 302 g/mol. The van der Waals surface area contributed by atoms with E-state index in [-0.39, 0.29) is 24.0 Å². The number of nitrogens with one attached hydrogen (secondary N) is 1. The number of aryl methyl sites for hydroxylation is 1. The van der Waals surface area contributed by atoms with Gasteiger partial charge >= 0.3 is 0 Å². The number of aromatic nitrogens is 1. The highest BCUT2D eigenvalue weighted by atomic mass is 16.3. The van der Waals surface area contributed by atoms with Crippen molar-refractivity contribution in [2.24, 2.45) is 5.41 Å². The highest BCUT2D eigenvalue weighted by molar-refractivity contribution is 5.99. The summed E-state index contributed by atoms with van der Waals surface area (Å²) in [6.07, 6.45) is 0.960. The molecule has 22 heavy (non-hydrogen) atoms. The lowest BCUT2D eigenvalue weighted by molar-refractivity contribution is 0.0839. The number of aliphatic hydroxyl groups is 1. The summed E-state index contributed by atoms with van der Waals surface area (Å²) < 4.78 is 2.06. The normalized spacial score (nSPS) is 13.3. The molecule has 0 bridgehead atoms. The molecular formula is C18H26N2O2. The number of hydrogen-bond acceptors (Lipinski definition) is 2. The topological polar surface area (TPSA) is 54.3 Å². The first kappa shape index (κ1) is 16.6. The van der Waals surface area contributed by atoms with Gasteiger partial charge in [-0.1, -0.05) is 45.9 Å². The van der Waals surface area contributed by atoms with E-state index in [9.17, 15) is 9.90 Å². The van der Waals surface area contributed by atoms with Crippen molar-refractivity contribution >= 4 is 16.8 Å². The van der Waals surface area contributed by atoms with Crippen LogP contribution in [0.2, 0.25) is 0 Å². The lowest BCUT2D eigenvalue weighted by Gasteiger charge is -2.30. The Bertz CT molecular complexity index is 653. The molecule has 0 radical (unpaired) electrons. The molecule has 0 saturated carbocycles. The van der Waals surface area contributed by atoms with Crippen LogP contribution in [-0.4, -0.2) is 28.2 Å². The van der Waals surface area contributed by atoms with Gasteiger partial charge < -0.3 is 15.0 Å².